The van der Waals surface area contributed by atoms with E-state index in [1.807, 2.05) is 30.3 Å². The molecule has 2 amide bonds. The summed E-state index contributed by atoms with van der Waals surface area (Å²) < 4.78 is 11.6. The maximum Gasteiger partial charge on any atom is 0.309 e. The van der Waals surface area contributed by atoms with Crippen molar-refractivity contribution >= 4 is 17.6 Å². The third kappa shape index (κ3) is 3.18. The van der Waals surface area contributed by atoms with E-state index in [4.69, 9.17) is 9.15 Å². The van der Waals surface area contributed by atoms with Gasteiger partial charge in [-0.15, -0.1) is 10.2 Å². The van der Waals surface area contributed by atoms with E-state index in [-0.39, 0.29) is 11.8 Å². The molecule has 0 bridgehead atoms. The van der Waals surface area contributed by atoms with Crippen molar-refractivity contribution in [3.8, 4) is 5.75 Å². The summed E-state index contributed by atoms with van der Waals surface area (Å²) >= 11 is 0. The number of fused-ring (bicyclic) bond motifs is 1. The van der Waals surface area contributed by atoms with E-state index in [1.165, 1.54) is 4.90 Å². The van der Waals surface area contributed by atoms with Crippen molar-refractivity contribution in [3.63, 3.8) is 0 Å². The number of ether oxygens (including phenoxy) is 1. The fourth-order valence-corrected chi connectivity index (χ4v) is 3.60. The van der Waals surface area contributed by atoms with E-state index < -0.39 is 17.6 Å². The molecule has 0 radical (unpaired) electrons. The molecular formula is C21H19N5O4. The number of anilines is 1. The van der Waals surface area contributed by atoms with Gasteiger partial charge in [0.25, 0.3) is 5.91 Å². The van der Waals surface area contributed by atoms with E-state index >= 15 is 0 Å². The van der Waals surface area contributed by atoms with Crippen molar-refractivity contribution in [2.45, 2.75) is 30.9 Å². The second kappa shape index (κ2) is 6.94. The zero-order chi connectivity index (χ0) is 20.7. The normalized spacial score (nSPS) is 19.0. The molecule has 9 heteroatoms. The molecule has 2 aliphatic rings. The Labute approximate surface area is 172 Å². The number of aromatic nitrogens is 3. The largest absolute Gasteiger partial charge is 0.481 e. The minimum atomic E-state index is -0.881. The average molecular weight is 405 g/mol. The Morgan fingerprint density at radius 3 is 2.77 bits per heavy atom. The van der Waals surface area contributed by atoms with Gasteiger partial charge < -0.3 is 14.5 Å². The number of rotatable bonds is 4. The zero-order valence-corrected chi connectivity index (χ0v) is 16.2. The van der Waals surface area contributed by atoms with Gasteiger partial charge in [-0.3, -0.25) is 14.5 Å². The van der Waals surface area contributed by atoms with Gasteiger partial charge in [-0.25, -0.2) is 4.98 Å². The van der Waals surface area contributed by atoms with Gasteiger partial charge in [0.05, 0.1) is 6.42 Å². The maximum atomic E-state index is 13.1. The number of pyridine rings is 1. The summed E-state index contributed by atoms with van der Waals surface area (Å²) in [5.41, 5.74) is 0.201. The lowest BCUT2D eigenvalue weighted by atomic mass is 10.1. The van der Waals surface area contributed by atoms with Crippen LogP contribution in [0.4, 0.5) is 5.82 Å². The standard InChI is InChI=1S/C21H19N5O4/c1-26-17-14(8-5-11-22-17)30-21(9-10-21)16(20(26)28)23-18(27)19-25-24-15(29-19)12-13-6-3-2-4-7-13/h2-8,11,16H,9-10,12H2,1H3,(H,23,27)/t16-/m0/s1. The molecule has 1 aliphatic heterocycles. The number of amides is 2. The molecular weight excluding hydrogens is 386 g/mol. The maximum absolute atomic E-state index is 13.1. The summed E-state index contributed by atoms with van der Waals surface area (Å²) in [6.45, 7) is 0. The number of likely N-dealkylation sites (N-methyl/N-ethyl adjacent to an activating group) is 1. The molecule has 1 fully saturated rings. The lowest BCUT2D eigenvalue weighted by molar-refractivity contribution is -0.122. The summed E-state index contributed by atoms with van der Waals surface area (Å²) in [6.07, 6.45) is 3.31. The molecule has 1 saturated carbocycles. The molecule has 3 aromatic rings. The van der Waals surface area contributed by atoms with Crippen molar-refractivity contribution in [2.75, 3.05) is 11.9 Å². The van der Waals surface area contributed by atoms with Gasteiger partial charge >= 0.3 is 11.8 Å². The highest BCUT2D eigenvalue weighted by Gasteiger charge is 2.59. The monoisotopic (exact) mass is 405 g/mol. The summed E-state index contributed by atoms with van der Waals surface area (Å²) in [7, 11) is 1.61. The van der Waals surface area contributed by atoms with Crippen LogP contribution in [-0.2, 0) is 11.2 Å². The number of carbonyl (C=O) groups excluding carboxylic acids is 2. The molecule has 0 saturated heterocycles. The summed E-state index contributed by atoms with van der Waals surface area (Å²) in [6, 6.07) is 12.2. The van der Waals surface area contributed by atoms with Crippen molar-refractivity contribution in [1.29, 1.82) is 0 Å². The second-order valence-corrected chi connectivity index (χ2v) is 7.46. The van der Waals surface area contributed by atoms with Crippen LogP contribution in [0.2, 0.25) is 0 Å². The lowest BCUT2D eigenvalue weighted by Gasteiger charge is -2.25. The molecule has 9 nitrogen and oxygen atoms in total. The SMILES string of the molecule is CN1C(=O)[C@H](NC(=O)c2nnc(Cc3ccccc3)o2)C2(CC2)Oc2cccnc21. The number of hydrogen-bond acceptors (Lipinski definition) is 7. The van der Waals surface area contributed by atoms with Crippen LogP contribution in [0.25, 0.3) is 0 Å². The molecule has 1 atom stereocenters. The summed E-state index contributed by atoms with van der Waals surface area (Å²) in [5, 5.41) is 10.5. The predicted molar refractivity (Wildman–Crippen MR) is 105 cm³/mol. The molecule has 30 heavy (non-hydrogen) atoms. The number of hydrogen-bond donors (Lipinski definition) is 1. The van der Waals surface area contributed by atoms with E-state index in [9.17, 15) is 9.59 Å². The Hall–Kier alpha value is -3.75. The first-order valence-electron chi connectivity index (χ1n) is 9.64. The fraction of sp³-hybridized carbons (Fsp3) is 0.286. The van der Waals surface area contributed by atoms with Crippen LogP contribution >= 0.6 is 0 Å². The highest BCUT2D eigenvalue weighted by Crippen LogP contribution is 2.47. The third-order valence-electron chi connectivity index (χ3n) is 5.36. The Morgan fingerprint density at radius 1 is 1.20 bits per heavy atom. The third-order valence-corrected chi connectivity index (χ3v) is 5.36. The van der Waals surface area contributed by atoms with Crippen LogP contribution in [0.1, 0.15) is 35.0 Å². The smallest absolute Gasteiger partial charge is 0.309 e. The van der Waals surface area contributed by atoms with Crippen molar-refractivity contribution in [3.05, 3.63) is 66.0 Å². The highest BCUT2D eigenvalue weighted by molar-refractivity contribution is 6.02. The van der Waals surface area contributed by atoms with E-state index in [0.29, 0.717) is 36.7 Å². The van der Waals surface area contributed by atoms with Gasteiger partial charge in [-0.05, 0) is 30.5 Å². The molecule has 0 unspecified atom stereocenters. The quantitative estimate of drug-likeness (QED) is 0.704. The molecule has 152 valence electrons. The first kappa shape index (κ1) is 18.3. The fourth-order valence-electron chi connectivity index (χ4n) is 3.60. The Morgan fingerprint density at radius 2 is 2.00 bits per heavy atom. The van der Waals surface area contributed by atoms with Crippen LogP contribution in [0.3, 0.4) is 0 Å². The summed E-state index contributed by atoms with van der Waals surface area (Å²) in [4.78, 5) is 31.5. The number of nitrogens with one attached hydrogen (secondary N) is 1. The Kier molecular flexibility index (Phi) is 4.23. The van der Waals surface area contributed by atoms with Crippen molar-refractivity contribution in [1.82, 2.24) is 20.5 Å². The molecule has 2 aromatic heterocycles. The van der Waals surface area contributed by atoms with Crippen molar-refractivity contribution < 1.29 is 18.7 Å². The van der Waals surface area contributed by atoms with Crippen LogP contribution < -0.4 is 15.0 Å². The lowest BCUT2D eigenvalue weighted by Crippen LogP contribution is -2.55. The van der Waals surface area contributed by atoms with E-state index in [2.05, 4.69) is 20.5 Å². The first-order valence-corrected chi connectivity index (χ1v) is 9.64. The highest BCUT2D eigenvalue weighted by atomic mass is 16.5. The van der Waals surface area contributed by atoms with E-state index in [1.54, 1.807) is 25.4 Å². The molecule has 1 aromatic carbocycles. The minimum absolute atomic E-state index is 0.188. The van der Waals surface area contributed by atoms with Gasteiger partial charge in [0.1, 0.15) is 11.6 Å². The van der Waals surface area contributed by atoms with E-state index in [0.717, 1.165) is 5.56 Å². The molecule has 3 heterocycles. The molecule has 1 aliphatic carbocycles. The first-order chi connectivity index (χ1) is 14.6. The van der Waals surface area contributed by atoms with Gasteiger partial charge in [0, 0.05) is 13.2 Å². The number of carbonyl (C=O) groups is 2. The van der Waals surface area contributed by atoms with Crippen LogP contribution in [0.5, 0.6) is 5.75 Å². The van der Waals surface area contributed by atoms with Gasteiger partial charge in [-0.2, -0.15) is 0 Å². The summed E-state index contributed by atoms with van der Waals surface area (Å²) in [5.74, 6) is 0.167. The minimum Gasteiger partial charge on any atom is -0.481 e. The number of benzene rings is 1. The van der Waals surface area contributed by atoms with Gasteiger partial charge in [0.15, 0.2) is 11.6 Å². The zero-order valence-electron chi connectivity index (χ0n) is 16.2. The van der Waals surface area contributed by atoms with Gasteiger partial charge in [-0.1, -0.05) is 30.3 Å². The van der Waals surface area contributed by atoms with Crippen LogP contribution in [0, 0.1) is 0 Å². The second-order valence-electron chi connectivity index (χ2n) is 7.46. The van der Waals surface area contributed by atoms with Crippen molar-refractivity contribution in [2.24, 2.45) is 0 Å². The molecule has 1 spiro atoms. The van der Waals surface area contributed by atoms with Gasteiger partial charge in [0.2, 0.25) is 5.89 Å². The predicted octanol–water partition coefficient (Wildman–Crippen LogP) is 1.74. The number of nitrogens with zero attached hydrogens (tertiary/aromatic N) is 4. The molecule has 1 N–H and O–H groups in total. The average Bonchev–Trinajstić information content (AvgIpc) is 3.40. The Balaban J connectivity index is 1.35. The van der Waals surface area contributed by atoms with Crippen LogP contribution in [0.15, 0.2) is 53.1 Å². The molecule has 5 rings (SSSR count). The van der Waals surface area contributed by atoms with Crippen LogP contribution in [-0.4, -0.2) is 45.7 Å². The Bertz CT molecular complexity index is 1110. The topological polar surface area (TPSA) is 110 Å².